The Morgan fingerprint density at radius 3 is 1.43 bits per heavy atom. The van der Waals surface area contributed by atoms with Gasteiger partial charge in [0.1, 0.15) is 0 Å². The van der Waals surface area contributed by atoms with Crippen molar-refractivity contribution in [1.29, 1.82) is 0 Å². The average Bonchev–Trinajstić information content (AvgIpc) is 1.69. The number of hydrogen-bond donors (Lipinski definition) is 0. The van der Waals surface area contributed by atoms with Crippen molar-refractivity contribution in [3.05, 3.63) is 0 Å². The minimum atomic E-state index is 0.806. The van der Waals surface area contributed by atoms with E-state index in [4.69, 9.17) is 0 Å². The number of rotatable bonds is 4. The minimum absolute atomic E-state index is 0.806. The number of hydrogen-bond acceptors (Lipinski definition) is 0. The molecule has 0 N–H and O–H groups in total. The molecule has 0 bridgehead atoms. The Balaban J connectivity index is 2.45. The zero-order valence-corrected chi connectivity index (χ0v) is 16.6. The van der Waals surface area contributed by atoms with Crippen molar-refractivity contribution in [2.24, 2.45) is 0 Å². The SMILES string of the molecule is [SiH3][SiH2][SiH2][SiH2][SiH2][SiH2][SiH3]. The van der Waals surface area contributed by atoms with E-state index >= 15 is 0 Å². The van der Waals surface area contributed by atoms with Gasteiger partial charge in [-0.2, -0.15) is 0 Å². The first-order chi connectivity index (χ1) is 3.41. The van der Waals surface area contributed by atoms with Crippen LogP contribution in [0.3, 0.4) is 0 Å². The third-order valence-corrected chi connectivity index (χ3v) is 97.8. The van der Waals surface area contributed by atoms with Crippen LogP contribution in [0.2, 0.25) is 0 Å². The highest BCUT2D eigenvalue weighted by atomic mass is 29.9. The van der Waals surface area contributed by atoms with Gasteiger partial charge in [0, 0.05) is 0 Å². The maximum absolute atomic E-state index is 1.69. The van der Waals surface area contributed by atoms with Crippen LogP contribution in [0.1, 0.15) is 0 Å². The predicted octanol–water partition coefficient (Wildman–Crippen LogP) is -6.95. The van der Waals surface area contributed by atoms with E-state index in [9.17, 15) is 0 Å². The average molecular weight is 213 g/mol. The first-order valence-electron chi connectivity index (χ1n) is 3.41. The second-order valence-electron chi connectivity index (χ2n) is 2.06. The molecule has 0 aliphatic carbocycles. The van der Waals surface area contributed by atoms with E-state index in [1.165, 1.54) is 0 Å². The minimum Gasteiger partial charge on any atom is -0.0120 e. The van der Waals surface area contributed by atoms with Crippen molar-refractivity contribution in [1.82, 2.24) is 0 Å². The molecule has 44 valence electrons. The van der Waals surface area contributed by atoms with Crippen molar-refractivity contribution in [2.45, 2.75) is 0 Å². The van der Waals surface area contributed by atoms with Crippen LogP contribution in [0.4, 0.5) is 0 Å². The van der Waals surface area contributed by atoms with Gasteiger partial charge in [0.15, 0.2) is 0 Å². The molecule has 7 heavy (non-hydrogen) atoms. The van der Waals surface area contributed by atoms with E-state index in [0.717, 1.165) is 42.8 Å². The van der Waals surface area contributed by atoms with Gasteiger partial charge < -0.3 is 0 Å². The summed E-state index contributed by atoms with van der Waals surface area (Å²) in [6.45, 7) is 0. The molecule has 0 aromatic carbocycles. The van der Waals surface area contributed by atoms with Crippen molar-refractivity contribution in [3.63, 3.8) is 0 Å². The quantitative estimate of drug-likeness (QED) is 0.321. The van der Waals surface area contributed by atoms with Crippen LogP contribution in [0.15, 0.2) is 0 Å². The van der Waals surface area contributed by atoms with Gasteiger partial charge in [-0.1, -0.05) is 0 Å². The molecule has 0 aromatic rings. The Bertz CT molecular complexity index is 19.2. The zero-order valence-electron chi connectivity index (χ0n) is 5.54. The fourth-order valence-electron chi connectivity index (χ4n) is 0.677. The maximum Gasteiger partial charge on any atom is -0.00934 e. The Hall–Kier alpha value is 1.52. The third kappa shape index (κ3) is 7.52. The van der Waals surface area contributed by atoms with E-state index in [-0.39, 0.29) is 0 Å². The normalized spacial score (nSPS) is 18.9. The molecule has 0 spiro atoms. The monoisotopic (exact) mass is 212 g/mol. The summed E-state index contributed by atoms with van der Waals surface area (Å²) < 4.78 is 0. The topological polar surface area (TPSA) is 0 Å². The van der Waals surface area contributed by atoms with Gasteiger partial charge >= 0.3 is 0 Å². The Morgan fingerprint density at radius 2 is 1.14 bits per heavy atom. The highest BCUT2D eigenvalue weighted by molar-refractivity contribution is 7.61. The molecule has 0 radical (unpaired) electrons. The van der Waals surface area contributed by atoms with E-state index in [2.05, 4.69) is 0 Å². The van der Waals surface area contributed by atoms with Gasteiger partial charge in [-0.25, -0.2) is 0 Å². The molecule has 0 unspecified atom stereocenters. The van der Waals surface area contributed by atoms with Gasteiger partial charge in [-0.15, -0.1) is 0 Å². The smallest absolute Gasteiger partial charge is 0.00934 e. The molecule has 0 aromatic heterocycles. The van der Waals surface area contributed by atoms with Crippen molar-refractivity contribution in [3.8, 4) is 0 Å². The predicted molar refractivity (Wildman–Crippen MR) is 62.6 cm³/mol. The Labute approximate surface area is 62.3 Å². The lowest BCUT2D eigenvalue weighted by molar-refractivity contribution is 3.91. The summed E-state index contributed by atoms with van der Waals surface area (Å²) in [6, 6.07) is 0. The highest BCUT2D eigenvalue weighted by Gasteiger charge is 1.84. The van der Waals surface area contributed by atoms with Crippen molar-refractivity contribution < 1.29 is 0 Å². The molecule has 0 aliphatic heterocycles. The van der Waals surface area contributed by atoms with Crippen molar-refractivity contribution >= 4 is 62.3 Å². The fraction of sp³-hybridized carbons (Fsp3) is 0. The molecule has 0 rings (SSSR count). The fourth-order valence-corrected chi connectivity index (χ4v) is 164. The summed E-state index contributed by atoms with van der Waals surface area (Å²) in [6.07, 6.45) is 0. The van der Waals surface area contributed by atoms with Gasteiger partial charge in [-0.05, 0) is 62.3 Å². The lowest BCUT2D eigenvalue weighted by Crippen LogP contribution is -2.23. The van der Waals surface area contributed by atoms with Crippen molar-refractivity contribution in [2.75, 3.05) is 0 Å². The second-order valence-corrected chi connectivity index (χ2v) is 55.6. The molecule has 0 saturated heterocycles. The molecule has 0 amide bonds. The maximum atomic E-state index is 1.69. The third-order valence-electron chi connectivity index (χ3n) is 1.21. The molecule has 0 fully saturated rings. The summed E-state index contributed by atoms with van der Waals surface area (Å²) in [5.41, 5.74) is 0. The summed E-state index contributed by atoms with van der Waals surface area (Å²) >= 11 is 0. The molecular weight excluding hydrogens is 197 g/mol. The lowest BCUT2D eigenvalue weighted by Gasteiger charge is -1.86. The Morgan fingerprint density at radius 1 is 0.714 bits per heavy atom. The summed E-state index contributed by atoms with van der Waals surface area (Å²) in [7, 11) is 7.61. The standard InChI is InChI=1S/H16Si7/c1-3-5-7-6-4-2/h3-7H2,1-2H3. The highest BCUT2D eigenvalue weighted by Crippen LogP contribution is 1.47. The molecule has 0 heterocycles. The lowest BCUT2D eigenvalue weighted by atomic mass is 26.2. The molecule has 0 saturated carbocycles. The van der Waals surface area contributed by atoms with Crippen LogP contribution in [0, 0.1) is 0 Å². The van der Waals surface area contributed by atoms with Gasteiger partial charge in [0.05, 0.1) is 0 Å². The largest absolute Gasteiger partial charge is 0.0120 e. The summed E-state index contributed by atoms with van der Waals surface area (Å²) in [4.78, 5) is 0. The molecular formula is H16Si7. The van der Waals surface area contributed by atoms with Gasteiger partial charge in [-0.3, -0.25) is 0 Å². The van der Waals surface area contributed by atoms with E-state index in [1.807, 2.05) is 0 Å². The van der Waals surface area contributed by atoms with Gasteiger partial charge in [0.2, 0.25) is 0 Å². The van der Waals surface area contributed by atoms with Crippen LogP contribution in [0.25, 0.3) is 0 Å². The van der Waals surface area contributed by atoms with E-state index in [1.54, 1.807) is 19.5 Å². The van der Waals surface area contributed by atoms with Crippen LogP contribution in [-0.4, -0.2) is 62.3 Å². The molecule has 0 aliphatic rings. The molecule has 7 heteroatoms. The first kappa shape index (κ1) is 8.52. The van der Waals surface area contributed by atoms with Crippen LogP contribution >= 0.6 is 0 Å². The zero-order chi connectivity index (χ0) is 5.54. The van der Waals surface area contributed by atoms with Crippen LogP contribution in [-0.2, 0) is 0 Å². The second kappa shape index (κ2) is 7.52. The Kier molecular flexibility index (Phi) is 9.15. The van der Waals surface area contributed by atoms with Crippen LogP contribution < -0.4 is 0 Å². The molecule has 0 atom stereocenters. The summed E-state index contributed by atoms with van der Waals surface area (Å²) in [5, 5.41) is 0. The first-order valence-corrected chi connectivity index (χ1v) is 30.7. The van der Waals surface area contributed by atoms with E-state index in [0.29, 0.717) is 0 Å². The van der Waals surface area contributed by atoms with E-state index < -0.39 is 0 Å². The van der Waals surface area contributed by atoms with Crippen LogP contribution in [0.5, 0.6) is 0 Å². The van der Waals surface area contributed by atoms with Gasteiger partial charge in [0.25, 0.3) is 0 Å². The molecule has 0 nitrogen and oxygen atoms in total. The summed E-state index contributed by atoms with van der Waals surface area (Å²) in [5.74, 6) is 0.